The van der Waals surface area contributed by atoms with E-state index in [0.717, 1.165) is 5.75 Å². The second kappa shape index (κ2) is 8.23. The molecule has 1 aromatic rings. The first-order valence-corrected chi connectivity index (χ1v) is 7.56. The van der Waals surface area contributed by atoms with Crippen molar-refractivity contribution in [1.82, 2.24) is 0 Å². The molecule has 0 aliphatic heterocycles. The van der Waals surface area contributed by atoms with Gasteiger partial charge in [-0.15, -0.1) is 0 Å². The van der Waals surface area contributed by atoms with Gasteiger partial charge in [0.25, 0.3) is 0 Å². The molecule has 0 heterocycles. The topological polar surface area (TPSA) is 43.4 Å². The molecule has 0 aliphatic carbocycles. The molecule has 0 amide bonds. The fraction of sp³-hybridized carbons (Fsp3) is 0.429. The Hall–Kier alpha value is -1.00. The summed E-state index contributed by atoms with van der Waals surface area (Å²) < 4.78 is 4.74. The second-order valence-corrected chi connectivity index (χ2v) is 5.77. The minimum atomic E-state index is -0.391. The average Bonchev–Trinajstić information content (AvgIpc) is 2.43. The summed E-state index contributed by atoms with van der Waals surface area (Å²) in [4.78, 5) is 23.7. The largest absolute Gasteiger partial charge is 0.469 e. The Labute approximate surface area is 122 Å². The summed E-state index contributed by atoms with van der Waals surface area (Å²) in [6.07, 6.45) is 0.168. The number of hydrogen-bond acceptors (Lipinski definition) is 4. The monoisotopic (exact) mass is 300 g/mol. The highest BCUT2D eigenvalue weighted by Crippen LogP contribution is 2.18. The Morgan fingerprint density at radius 3 is 2.47 bits per heavy atom. The van der Waals surface area contributed by atoms with Gasteiger partial charge in [0.2, 0.25) is 0 Å². The zero-order chi connectivity index (χ0) is 14.3. The molecule has 0 aliphatic rings. The average molecular weight is 301 g/mol. The van der Waals surface area contributed by atoms with Gasteiger partial charge in [0, 0.05) is 22.8 Å². The summed E-state index contributed by atoms with van der Waals surface area (Å²) in [5.41, 5.74) is 0.569. The molecule has 0 spiro atoms. The molecule has 104 valence electrons. The van der Waals surface area contributed by atoms with Gasteiger partial charge in [0.1, 0.15) is 0 Å². The highest BCUT2D eigenvalue weighted by Gasteiger charge is 2.23. The van der Waals surface area contributed by atoms with Crippen molar-refractivity contribution in [3.63, 3.8) is 0 Å². The fourth-order valence-electron chi connectivity index (χ4n) is 1.61. The first-order valence-electron chi connectivity index (χ1n) is 6.02. The molecule has 0 aromatic heterocycles. The van der Waals surface area contributed by atoms with Crippen LogP contribution in [0.15, 0.2) is 24.3 Å². The van der Waals surface area contributed by atoms with Crippen LogP contribution in [0.3, 0.4) is 0 Å². The molecule has 1 atom stereocenters. The maximum absolute atomic E-state index is 12.1. The number of rotatable bonds is 7. The van der Waals surface area contributed by atoms with Gasteiger partial charge in [-0.1, -0.05) is 18.5 Å². The number of halogens is 1. The molecule has 5 heteroatoms. The van der Waals surface area contributed by atoms with E-state index < -0.39 is 5.92 Å². The van der Waals surface area contributed by atoms with Crippen LogP contribution in [0, 0.1) is 5.92 Å². The summed E-state index contributed by atoms with van der Waals surface area (Å²) in [7, 11) is 1.35. The predicted octanol–water partition coefficient (Wildman–Crippen LogP) is 3.46. The minimum absolute atomic E-state index is 0.0660. The van der Waals surface area contributed by atoms with Gasteiger partial charge < -0.3 is 4.74 Å². The second-order valence-electron chi connectivity index (χ2n) is 4.01. The van der Waals surface area contributed by atoms with Crippen molar-refractivity contribution in [3.05, 3.63) is 34.9 Å². The van der Waals surface area contributed by atoms with Gasteiger partial charge in [-0.3, -0.25) is 9.59 Å². The van der Waals surface area contributed by atoms with Gasteiger partial charge in [-0.2, -0.15) is 11.8 Å². The zero-order valence-corrected chi connectivity index (χ0v) is 12.6. The van der Waals surface area contributed by atoms with E-state index in [1.54, 1.807) is 36.0 Å². The normalized spacial score (nSPS) is 11.9. The quantitative estimate of drug-likeness (QED) is 0.571. The number of carbonyl (C=O) groups is 2. The molecule has 0 fully saturated rings. The Kier molecular flexibility index (Phi) is 6.95. The lowest BCUT2D eigenvalue weighted by atomic mass is 10.00. The molecule has 0 N–H and O–H groups in total. The molecule has 1 aromatic carbocycles. The number of ether oxygens (including phenoxy) is 1. The Bertz CT molecular complexity index is 431. The summed E-state index contributed by atoms with van der Waals surface area (Å²) in [6, 6.07) is 6.68. The molecule has 0 bridgehead atoms. The van der Waals surface area contributed by atoms with Crippen LogP contribution in [0.1, 0.15) is 23.7 Å². The van der Waals surface area contributed by atoms with Crippen LogP contribution in [0.4, 0.5) is 0 Å². The van der Waals surface area contributed by atoms with E-state index in [2.05, 4.69) is 0 Å². The van der Waals surface area contributed by atoms with Crippen molar-refractivity contribution in [3.8, 4) is 0 Å². The summed E-state index contributed by atoms with van der Waals surface area (Å²) in [6.45, 7) is 2.01. The number of hydrogen-bond donors (Lipinski definition) is 0. The van der Waals surface area contributed by atoms with Crippen molar-refractivity contribution < 1.29 is 14.3 Å². The van der Waals surface area contributed by atoms with Gasteiger partial charge in [0.15, 0.2) is 5.78 Å². The molecule has 1 unspecified atom stereocenters. The van der Waals surface area contributed by atoms with Gasteiger partial charge in [0.05, 0.1) is 13.0 Å². The number of esters is 1. The first kappa shape index (κ1) is 16.1. The molecule has 0 radical (unpaired) electrons. The lowest BCUT2D eigenvalue weighted by Crippen LogP contribution is -2.22. The molecule has 19 heavy (non-hydrogen) atoms. The number of ketones is 1. The maximum atomic E-state index is 12.1. The van der Waals surface area contributed by atoms with E-state index in [-0.39, 0.29) is 18.2 Å². The van der Waals surface area contributed by atoms with Gasteiger partial charge in [-0.05, 0) is 30.0 Å². The van der Waals surface area contributed by atoms with Crippen molar-refractivity contribution in [1.29, 1.82) is 0 Å². The third-order valence-electron chi connectivity index (χ3n) is 2.66. The van der Waals surface area contributed by atoms with E-state index in [1.165, 1.54) is 7.11 Å². The highest BCUT2D eigenvalue weighted by molar-refractivity contribution is 7.99. The maximum Gasteiger partial charge on any atom is 0.309 e. The van der Waals surface area contributed by atoms with Crippen molar-refractivity contribution in [2.24, 2.45) is 5.92 Å². The van der Waals surface area contributed by atoms with E-state index >= 15 is 0 Å². The lowest BCUT2D eigenvalue weighted by molar-refractivity contribution is -0.144. The molecule has 0 saturated heterocycles. The van der Waals surface area contributed by atoms with E-state index in [1.807, 2.05) is 6.92 Å². The van der Waals surface area contributed by atoms with Crippen LogP contribution in [-0.4, -0.2) is 30.4 Å². The molecule has 1 rings (SSSR count). The highest BCUT2D eigenvalue weighted by atomic mass is 35.5. The van der Waals surface area contributed by atoms with Crippen LogP contribution in [0.2, 0.25) is 5.02 Å². The first-order chi connectivity index (χ1) is 9.08. The molecule has 0 saturated carbocycles. The predicted molar refractivity (Wildman–Crippen MR) is 78.9 cm³/mol. The Morgan fingerprint density at radius 2 is 1.95 bits per heavy atom. The zero-order valence-electron chi connectivity index (χ0n) is 11.0. The summed E-state index contributed by atoms with van der Waals surface area (Å²) in [5.74, 6) is 0.718. The van der Waals surface area contributed by atoms with Gasteiger partial charge >= 0.3 is 5.97 Å². The number of thioether (sulfide) groups is 1. The standard InChI is InChI=1S/C14H17ClO3S/c1-3-19-9-11(14(17)18-2)8-13(16)10-4-6-12(15)7-5-10/h4-7,11H,3,8-9H2,1-2H3. The van der Waals surface area contributed by atoms with E-state index in [9.17, 15) is 9.59 Å². The molecular formula is C14H17ClO3S. The lowest BCUT2D eigenvalue weighted by Gasteiger charge is -2.13. The summed E-state index contributed by atoms with van der Waals surface area (Å²) in [5, 5.41) is 0.586. The van der Waals surface area contributed by atoms with Crippen LogP contribution in [0.5, 0.6) is 0 Å². The van der Waals surface area contributed by atoms with Crippen LogP contribution < -0.4 is 0 Å². The Morgan fingerprint density at radius 1 is 1.32 bits per heavy atom. The number of carbonyl (C=O) groups excluding carboxylic acids is 2. The van der Waals surface area contributed by atoms with Crippen molar-refractivity contribution in [2.45, 2.75) is 13.3 Å². The third kappa shape index (κ3) is 5.25. The van der Waals surface area contributed by atoms with Crippen LogP contribution in [0.25, 0.3) is 0 Å². The number of benzene rings is 1. The molecular weight excluding hydrogens is 284 g/mol. The fourth-order valence-corrected chi connectivity index (χ4v) is 2.51. The van der Waals surface area contributed by atoms with Crippen molar-refractivity contribution >= 4 is 35.1 Å². The number of Topliss-reactive ketones (excluding diaryl/α,β-unsaturated/α-hetero) is 1. The van der Waals surface area contributed by atoms with E-state index in [0.29, 0.717) is 16.3 Å². The third-order valence-corrected chi connectivity index (χ3v) is 3.95. The smallest absolute Gasteiger partial charge is 0.309 e. The molecule has 3 nitrogen and oxygen atoms in total. The van der Waals surface area contributed by atoms with Crippen molar-refractivity contribution in [2.75, 3.05) is 18.6 Å². The minimum Gasteiger partial charge on any atom is -0.469 e. The summed E-state index contributed by atoms with van der Waals surface area (Å²) >= 11 is 7.40. The SMILES string of the molecule is CCSCC(CC(=O)c1ccc(Cl)cc1)C(=O)OC. The van der Waals surface area contributed by atoms with Crippen LogP contribution >= 0.6 is 23.4 Å². The number of methoxy groups -OCH3 is 1. The van der Waals surface area contributed by atoms with Crippen LogP contribution in [-0.2, 0) is 9.53 Å². The Balaban J connectivity index is 2.69. The van der Waals surface area contributed by atoms with E-state index in [4.69, 9.17) is 16.3 Å². The van der Waals surface area contributed by atoms with Gasteiger partial charge in [-0.25, -0.2) is 0 Å².